The fourth-order valence-corrected chi connectivity index (χ4v) is 2.60. The molecule has 2 unspecified atom stereocenters. The lowest BCUT2D eigenvalue weighted by Gasteiger charge is -2.18. The Morgan fingerprint density at radius 1 is 1.08 bits per heavy atom. The predicted molar refractivity (Wildman–Crippen MR) is 112 cm³/mol. The van der Waals surface area contributed by atoms with Crippen LogP contribution in [0.4, 0.5) is 0 Å². The average molecular weight is 465 g/mol. The molecule has 0 aromatic heterocycles. The van der Waals surface area contributed by atoms with E-state index in [2.05, 4.69) is 21.2 Å². The third-order valence-corrected chi connectivity index (χ3v) is 4.43. The zero-order valence-electron chi connectivity index (χ0n) is 14.5. The van der Waals surface area contributed by atoms with Crippen molar-refractivity contribution in [1.82, 2.24) is 5.32 Å². The molecule has 2 atom stereocenters. The van der Waals surface area contributed by atoms with Gasteiger partial charge in [-0.15, -0.1) is 12.4 Å². The minimum Gasteiger partial charge on any atom is -0.491 e. The molecule has 0 aliphatic heterocycles. The first-order valence-electron chi connectivity index (χ1n) is 8.17. The Morgan fingerprint density at radius 3 is 2.38 bits per heavy atom. The molecule has 2 N–H and O–H groups in total. The highest BCUT2D eigenvalue weighted by Crippen LogP contribution is 2.16. The molecule has 0 heterocycles. The lowest BCUT2D eigenvalue weighted by Crippen LogP contribution is -2.32. The summed E-state index contributed by atoms with van der Waals surface area (Å²) in [6.45, 7) is 3.65. The quantitative estimate of drug-likeness (QED) is 0.503. The van der Waals surface area contributed by atoms with Crippen molar-refractivity contribution in [2.24, 2.45) is 0 Å². The monoisotopic (exact) mass is 463 g/mol. The van der Waals surface area contributed by atoms with E-state index in [9.17, 15) is 5.11 Å². The molecule has 0 fully saturated rings. The van der Waals surface area contributed by atoms with Gasteiger partial charge < -0.3 is 19.9 Å². The van der Waals surface area contributed by atoms with Gasteiger partial charge in [-0.1, -0.05) is 39.7 Å². The third kappa shape index (κ3) is 8.71. The molecule has 0 saturated carbocycles. The number of benzene rings is 2. The van der Waals surface area contributed by atoms with E-state index in [0.717, 1.165) is 20.8 Å². The van der Waals surface area contributed by atoms with Gasteiger partial charge in [-0.25, -0.2) is 0 Å². The molecule has 0 bridgehead atoms. The van der Waals surface area contributed by atoms with E-state index in [1.54, 1.807) is 0 Å². The fourth-order valence-electron chi connectivity index (χ4n) is 2.21. The van der Waals surface area contributed by atoms with E-state index in [4.69, 9.17) is 21.1 Å². The lowest BCUT2D eigenvalue weighted by molar-refractivity contribution is 0.0242. The molecule has 0 amide bonds. The smallest absolute Gasteiger partial charge is 0.119 e. The van der Waals surface area contributed by atoms with E-state index in [0.29, 0.717) is 19.8 Å². The van der Waals surface area contributed by atoms with Crippen molar-refractivity contribution < 1.29 is 14.6 Å². The van der Waals surface area contributed by atoms with Crippen LogP contribution in [0.15, 0.2) is 53.0 Å². The maximum Gasteiger partial charge on any atom is 0.119 e. The van der Waals surface area contributed by atoms with E-state index in [-0.39, 0.29) is 25.1 Å². The molecule has 144 valence electrons. The highest BCUT2D eigenvalue weighted by Gasteiger charge is 2.09. The maximum atomic E-state index is 9.98. The number of rotatable bonds is 10. The summed E-state index contributed by atoms with van der Waals surface area (Å²) in [5.74, 6) is 0.797. The zero-order chi connectivity index (χ0) is 18.1. The molecular weight excluding hydrogens is 441 g/mol. The summed E-state index contributed by atoms with van der Waals surface area (Å²) < 4.78 is 12.0. The second-order valence-corrected chi connectivity index (χ2v) is 7.06. The predicted octanol–water partition coefficient (Wildman–Crippen LogP) is 4.63. The first-order valence-corrected chi connectivity index (χ1v) is 9.34. The molecule has 7 heteroatoms. The number of halogens is 3. The minimum absolute atomic E-state index is 0. The molecule has 0 aliphatic carbocycles. The summed E-state index contributed by atoms with van der Waals surface area (Å²) >= 11 is 9.26. The number of hydrogen-bond acceptors (Lipinski definition) is 4. The largest absolute Gasteiger partial charge is 0.491 e. The first-order chi connectivity index (χ1) is 12.0. The van der Waals surface area contributed by atoms with Gasteiger partial charge in [0.05, 0.1) is 19.3 Å². The van der Waals surface area contributed by atoms with Crippen molar-refractivity contribution >= 4 is 39.9 Å². The minimum atomic E-state index is -0.567. The van der Waals surface area contributed by atoms with Crippen LogP contribution in [-0.2, 0) is 4.74 Å². The Hall–Kier alpha value is -0.820. The van der Waals surface area contributed by atoms with Gasteiger partial charge in [-0.2, -0.15) is 0 Å². The van der Waals surface area contributed by atoms with Gasteiger partial charge in [0.25, 0.3) is 0 Å². The van der Waals surface area contributed by atoms with Crippen LogP contribution >= 0.6 is 39.9 Å². The molecule has 26 heavy (non-hydrogen) atoms. The Balaban J connectivity index is 0.00000338. The van der Waals surface area contributed by atoms with Crippen LogP contribution < -0.4 is 10.1 Å². The standard InChI is InChI=1S/C19H23BrClNO3.ClH/c1-14(15-2-6-17(21)7-3-15)22-12-18(23)13-24-10-11-25-19-8-4-16(20)5-9-19;/h2-9,14,18,22-23H,10-13H2,1H3;1H. The molecule has 0 saturated heterocycles. The van der Waals surface area contributed by atoms with Gasteiger partial charge in [-0.05, 0) is 48.9 Å². The second kappa shape index (κ2) is 12.5. The number of aliphatic hydroxyl groups is 1. The molecule has 0 spiro atoms. The number of hydrogen-bond donors (Lipinski definition) is 2. The average Bonchev–Trinajstić information content (AvgIpc) is 2.61. The van der Waals surface area contributed by atoms with E-state index in [1.165, 1.54) is 0 Å². The van der Waals surface area contributed by atoms with Crippen LogP contribution in [-0.4, -0.2) is 37.6 Å². The molecule has 0 aliphatic rings. The van der Waals surface area contributed by atoms with E-state index < -0.39 is 6.10 Å². The Labute approximate surface area is 174 Å². The van der Waals surface area contributed by atoms with E-state index >= 15 is 0 Å². The van der Waals surface area contributed by atoms with Crippen LogP contribution in [0, 0.1) is 0 Å². The number of nitrogens with one attached hydrogen (secondary N) is 1. The maximum absolute atomic E-state index is 9.98. The molecular formula is C19H24BrCl2NO3. The first kappa shape index (κ1) is 23.2. The van der Waals surface area contributed by atoms with Gasteiger partial charge >= 0.3 is 0 Å². The lowest BCUT2D eigenvalue weighted by atomic mass is 10.1. The summed E-state index contributed by atoms with van der Waals surface area (Å²) in [6.07, 6.45) is -0.567. The SMILES string of the molecule is CC(NCC(O)COCCOc1ccc(Br)cc1)c1ccc(Cl)cc1.Cl. The van der Waals surface area contributed by atoms with Gasteiger partial charge in [0.2, 0.25) is 0 Å². The van der Waals surface area contributed by atoms with Crippen molar-refractivity contribution in [1.29, 1.82) is 0 Å². The summed E-state index contributed by atoms with van der Waals surface area (Å²) in [7, 11) is 0. The van der Waals surface area contributed by atoms with Crippen molar-refractivity contribution in [3.05, 3.63) is 63.6 Å². The molecule has 0 radical (unpaired) electrons. The van der Waals surface area contributed by atoms with Crippen LogP contribution in [0.1, 0.15) is 18.5 Å². The van der Waals surface area contributed by atoms with Crippen LogP contribution in [0.25, 0.3) is 0 Å². The third-order valence-electron chi connectivity index (χ3n) is 3.65. The molecule has 2 aromatic rings. The van der Waals surface area contributed by atoms with Gasteiger partial charge in [-0.3, -0.25) is 0 Å². The van der Waals surface area contributed by atoms with E-state index in [1.807, 2.05) is 55.5 Å². The number of aliphatic hydroxyl groups excluding tert-OH is 1. The number of ether oxygens (including phenoxy) is 2. The second-order valence-electron chi connectivity index (χ2n) is 5.71. The summed E-state index contributed by atoms with van der Waals surface area (Å²) in [5, 5.41) is 14.0. The Morgan fingerprint density at radius 2 is 1.73 bits per heavy atom. The molecule has 2 aromatic carbocycles. The van der Waals surface area contributed by atoms with Crippen molar-refractivity contribution in [3.8, 4) is 5.75 Å². The van der Waals surface area contributed by atoms with Crippen LogP contribution in [0.2, 0.25) is 5.02 Å². The van der Waals surface area contributed by atoms with Gasteiger partial charge in [0.15, 0.2) is 0 Å². The van der Waals surface area contributed by atoms with Crippen LogP contribution in [0.5, 0.6) is 5.75 Å². The summed E-state index contributed by atoms with van der Waals surface area (Å²) in [6, 6.07) is 15.4. The van der Waals surface area contributed by atoms with Crippen LogP contribution in [0.3, 0.4) is 0 Å². The Bertz CT molecular complexity index is 626. The highest BCUT2D eigenvalue weighted by molar-refractivity contribution is 9.10. The highest BCUT2D eigenvalue weighted by atomic mass is 79.9. The molecule has 4 nitrogen and oxygen atoms in total. The normalized spacial score (nSPS) is 12.9. The summed E-state index contributed by atoms with van der Waals surface area (Å²) in [5.41, 5.74) is 1.13. The van der Waals surface area contributed by atoms with Gasteiger partial charge in [0, 0.05) is 22.1 Å². The summed E-state index contributed by atoms with van der Waals surface area (Å²) in [4.78, 5) is 0. The topological polar surface area (TPSA) is 50.7 Å². The Kier molecular flexibility index (Phi) is 11.2. The fraction of sp³-hybridized carbons (Fsp3) is 0.368. The zero-order valence-corrected chi connectivity index (χ0v) is 17.7. The van der Waals surface area contributed by atoms with Crippen molar-refractivity contribution in [3.63, 3.8) is 0 Å². The molecule has 2 rings (SSSR count). The van der Waals surface area contributed by atoms with Gasteiger partial charge in [0.1, 0.15) is 12.4 Å². The van der Waals surface area contributed by atoms with Crippen molar-refractivity contribution in [2.45, 2.75) is 19.1 Å². The van der Waals surface area contributed by atoms with Crippen molar-refractivity contribution in [2.75, 3.05) is 26.4 Å².